The number of nitrogens with zero attached hydrogens (tertiary/aromatic N) is 2. The predicted octanol–water partition coefficient (Wildman–Crippen LogP) is 4.57. The van der Waals surface area contributed by atoms with Gasteiger partial charge in [-0.15, -0.1) is 11.3 Å². The topological polar surface area (TPSA) is 121 Å². The summed E-state index contributed by atoms with van der Waals surface area (Å²) in [4.78, 5) is 37.8. The predicted molar refractivity (Wildman–Crippen MR) is 136 cm³/mol. The van der Waals surface area contributed by atoms with Crippen LogP contribution in [0.3, 0.4) is 0 Å². The number of benzene rings is 2. The largest absolute Gasteiger partial charge is 0.423 e. The number of carbonyl (C=O) groups excluding carboxylic acids is 3. The number of rotatable bonds is 5. The number of hydrazone groups is 1. The molecule has 0 spiro atoms. The van der Waals surface area contributed by atoms with E-state index < -0.39 is 17.8 Å². The van der Waals surface area contributed by atoms with Gasteiger partial charge in [-0.2, -0.15) is 10.4 Å². The molecular formula is C25H19BrN4O4S. The van der Waals surface area contributed by atoms with Crippen molar-refractivity contribution in [2.75, 3.05) is 5.32 Å². The van der Waals surface area contributed by atoms with Crippen molar-refractivity contribution in [3.05, 3.63) is 80.1 Å². The second-order valence-corrected chi connectivity index (χ2v) is 9.58. The fourth-order valence-corrected chi connectivity index (χ4v) is 5.24. The Balaban J connectivity index is 1.31. The van der Waals surface area contributed by atoms with E-state index in [2.05, 4.69) is 37.8 Å². The van der Waals surface area contributed by atoms with Crippen molar-refractivity contribution in [3.8, 4) is 11.8 Å². The number of hydrogen-bond donors (Lipinski definition) is 2. The Kier molecular flexibility index (Phi) is 7.70. The van der Waals surface area contributed by atoms with Crippen LogP contribution in [-0.4, -0.2) is 24.0 Å². The lowest BCUT2D eigenvalue weighted by molar-refractivity contribution is -0.136. The highest BCUT2D eigenvalue weighted by atomic mass is 79.9. The van der Waals surface area contributed by atoms with Crippen LogP contribution in [0.15, 0.2) is 58.1 Å². The second-order valence-electron chi connectivity index (χ2n) is 7.62. The maximum absolute atomic E-state index is 12.3. The van der Waals surface area contributed by atoms with E-state index in [1.165, 1.54) is 17.6 Å². The standard InChI is InChI=1S/C25H19BrN4O4S/c26-20-7-3-1-6-18(20)25(33)34-16-11-9-15(10-12-16)14-28-30-23(32)22(31)29-24-19(13-27)17-5-2-4-8-21(17)35-24/h1,3,6-7,9-12,14H,2,4-5,8H2,(H,29,31)(H,30,32)/b28-14-. The third-order valence-electron chi connectivity index (χ3n) is 5.28. The Labute approximate surface area is 213 Å². The second kappa shape index (κ2) is 11.1. The first kappa shape index (κ1) is 24.3. The molecule has 0 unspecified atom stereocenters. The quantitative estimate of drug-likeness (QED) is 0.158. The average Bonchev–Trinajstić information content (AvgIpc) is 3.22. The van der Waals surface area contributed by atoms with E-state index in [9.17, 15) is 19.6 Å². The van der Waals surface area contributed by atoms with Crippen LogP contribution >= 0.6 is 27.3 Å². The van der Waals surface area contributed by atoms with Crippen LogP contribution in [0.2, 0.25) is 0 Å². The van der Waals surface area contributed by atoms with E-state index in [-0.39, 0.29) is 0 Å². The Morgan fingerprint density at radius 2 is 1.80 bits per heavy atom. The molecule has 0 atom stereocenters. The first-order chi connectivity index (χ1) is 17.0. The minimum atomic E-state index is -0.949. The summed E-state index contributed by atoms with van der Waals surface area (Å²) in [5, 5.41) is 16.2. The van der Waals surface area contributed by atoms with Gasteiger partial charge in [0.2, 0.25) is 0 Å². The lowest BCUT2D eigenvalue weighted by atomic mass is 9.96. The SMILES string of the molecule is N#Cc1c(NC(=O)C(=O)N/N=C\c2ccc(OC(=O)c3ccccc3Br)cc2)sc2c1CCCC2. The lowest BCUT2D eigenvalue weighted by Gasteiger charge is -2.09. The number of esters is 1. The van der Waals surface area contributed by atoms with Crippen molar-refractivity contribution in [2.45, 2.75) is 25.7 Å². The molecule has 1 aliphatic carbocycles. The number of hydrogen-bond acceptors (Lipinski definition) is 7. The number of aryl methyl sites for hydroxylation is 1. The highest BCUT2D eigenvalue weighted by molar-refractivity contribution is 9.10. The zero-order valence-corrected chi connectivity index (χ0v) is 20.7. The number of anilines is 1. The minimum Gasteiger partial charge on any atom is -0.423 e. The molecule has 35 heavy (non-hydrogen) atoms. The van der Waals surface area contributed by atoms with Crippen LogP contribution in [0.25, 0.3) is 0 Å². The molecule has 3 aromatic rings. The third-order valence-corrected chi connectivity index (χ3v) is 7.18. The van der Waals surface area contributed by atoms with E-state index >= 15 is 0 Å². The number of nitrogens with one attached hydrogen (secondary N) is 2. The van der Waals surface area contributed by atoms with Gasteiger partial charge in [0.05, 0.1) is 17.3 Å². The number of carbonyl (C=O) groups is 3. The smallest absolute Gasteiger partial charge is 0.344 e. The molecule has 0 fully saturated rings. The molecule has 0 aliphatic heterocycles. The third kappa shape index (κ3) is 5.82. The zero-order valence-electron chi connectivity index (χ0n) is 18.3. The molecule has 2 aromatic carbocycles. The summed E-state index contributed by atoms with van der Waals surface area (Å²) in [6.45, 7) is 0. The summed E-state index contributed by atoms with van der Waals surface area (Å²) in [5.74, 6) is -2.00. The first-order valence-electron chi connectivity index (χ1n) is 10.7. The maximum Gasteiger partial charge on any atom is 0.344 e. The van der Waals surface area contributed by atoms with Gasteiger partial charge in [0, 0.05) is 9.35 Å². The summed E-state index contributed by atoms with van der Waals surface area (Å²) < 4.78 is 5.99. The molecule has 0 radical (unpaired) electrons. The fraction of sp³-hybridized carbons (Fsp3) is 0.160. The van der Waals surface area contributed by atoms with Crippen LogP contribution in [0.4, 0.5) is 5.00 Å². The molecule has 0 saturated carbocycles. The Morgan fingerprint density at radius 1 is 1.06 bits per heavy atom. The molecule has 0 saturated heterocycles. The number of ether oxygens (including phenoxy) is 1. The zero-order chi connectivity index (χ0) is 24.8. The van der Waals surface area contributed by atoms with E-state index in [1.54, 1.807) is 48.5 Å². The van der Waals surface area contributed by atoms with E-state index in [0.29, 0.717) is 31.9 Å². The molecule has 0 bridgehead atoms. The van der Waals surface area contributed by atoms with Crippen molar-refractivity contribution in [1.82, 2.24) is 5.43 Å². The molecule has 1 heterocycles. The monoisotopic (exact) mass is 550 g/mol. The Bertz CT molecular complexity index is 1360. The molecule has 8 nitrogen and oxygen atoms in total. The van der Waals surface area contributed by atoms with Gasteiger partial charge in [0.25, 0.3) is 0 Å². The Morgan fingerprint density at radius 3 is 2.54 bits per heavy atom. The molecule has 10 heteroatoms. The molecule has 176 valence electrons. The summed E-state index contributed by atoms with van der Waals surface area (Å²) in [5.41, 5.74) is 4.61. The number of halogens is 1. The fourth-order valence-electron chi connectivity index (χ4n) is 3.56. The summed E-state index contributed by atoms with van der Waals surface area (Å²) in [7, 11) is 0. The molecule has 4 rings (SSSR count). The van der Waals surface area contributed by atoms with Crippen molar-refractivity contribution in [1.29, 1.82) is 5.26 Å². The van der Waals surface area contributed by atoms with E-state index in [0.717, 1.165) is 36.1 Å². The highest BCUT2D eigenvalue weighted by Gasteiger charge is 2.23. The number of fused-ring (bicyclic) bond motifs is 1. The van der Waals surface area contributed by atoms with Crippen LogP contribution in [-0.2, 0) is 22.4 Å². The van der Waals surface area contributed by atoms with Crippen LogP contribution in [0, 0.1) is 11.3 Å². The minimum absolute atomic E-state index is 0.346. The first-order valence-corrected chi connectivity index (χ1v) is 12.3. The normalized spacial score (nSPS) is 12.5. The number of nitriles is 1. The van der Waals surface area contributed by atoms with Crippen LogP contribution in [0.1, 0.15) is 44.8 Å². The average molecular weight is 551 g/mol. The van der Waals surface area contributed by atoms with Gasteiger partial charge in [-0.1, -0.05) is 12.1 Å². The lowest BCUT2D eigenvalue weighted by Crippen LogP contribution is -2.32. The number of thiophene rings is 1. The highest BCUT2D eigenvalue weighted by Crippen LogP contribution is 2.37. The van der Waals surface area contributed by atoms with Gasteiger partial charge in [0.1, 0.15) is 16.8 Å². The van der Waals surface area contributed by atoms with Gasteiger partial charge >= 0.3 is 17.8 Å². The van der Waals surface area contributed by atoms with Crippen molar-refractivity contribution in [2.24, 2.45) is 5.10 Å². The summed E-state index contributed by atoms with van der Waals surface area (Å²) in [6.07, 6.45) is 5.10. The molecule has 1 aliphatic rings. The van der Waals surface area contributed by atoms with E-state index in [1.807, 2.05) is 0 Å². The van der Waals surface area contributed by atoms with Gasteiger partial charge in [0.15, 0.2) is 0 Å². The molecule has 1 aromatic heterocycles. The van der Waals surface area contributed by atoms with Crippen molar-refractivity contribution in [3.63, 3.8) is 0 Å². The van der Waals surface area contributed by atoms with Crippen LogP contribution < -0.4 is 15.5 Å². The van der Waals surface area contributed by atoms with Gasteiger partial charge in [-0.3, -0.25) is 9.59 Å². The van der Waals surface area contributed by atoms with Crippen molar-refractivity contribution >= 4 is 56.3 Å². The number of amides is 2. The molecular weight excluding hydrogens is 532 g/mol. The van der Waals surface area contributed by atoms with Gasteiger partial charge in [-0.25, -0.2) is 10.2 Å². The van der Waals surface area contributed by atoms with Gasteiger partial charge in [-0.05, 0) is 89.1 Å². The summed E-state index contributed by atoms with van der Waals surface area (Å²) >= 11 is 4.66. The van der Waals surface area contributed by atoms with Crippen LogP contribution in [0.5, 0.6) is 5.75 Å². The Hall–Kier alpha value is -3.81. The summed E-state index contributed by atoms with van der Waals surface area (Å²) in [6, 6.07) is 15.6. The van der Waals surface area contributed by atoms with Crippen molar-refractivity contribution < 1.29 is 19.1 Å². The van der Waals surface area contributed by atoms with E-state index in [4.69, 9.17) is 4.74 Å². The maximum atomic E-state index is 12.3. The molecule has 2 amide bonds. The van der Waals surface area contributed by atoms with Gasteiger partial charge < -0.3 is 10.1 Å². The molecule has 2 N–H and O–H groups in total.